The first kappa shape index (κ1) is 12.0. The number of methoxy groups -OCH3 is 1. The zero-order valence-electron chi connectivity index (χ0n) is 9.33. The Balaban J connectivity index is 3.48. The molecule has 0 aliphatic rings. The summed E-state index contributed by atoms with van der Waals surface area (Å²) in [6, 6.07) is 1.50. The van der Waals surface area contributed by atoms with Crippen LogP contribution in [-0.2, 0) is 5.97 Å². The largest absolute Gasteiger partial charge is 0.496 e. The zero-order chi connectivity index (χ0) is 11.8. The number of rotatable bonds is 2. The number of aryl methyl sites for hydroxylation is 1. The Hall–Kier alpha value is -1.10. The van der Waals surface area contributed by atoms with Gasteiger partial charge in [0.2, 0.25) is 0 Å². The fourth-order valence-corrected chi connectivity index (χ4v) is 1.72. The molecule has 0 saturated heterocycles. The van der Waals surface area contributed by atoms with Crippen molar-refractivity contribution in [3.05, 3.63) is 28.3 Å². The van der Waals surface area contributed by atoms with Crippen LogP contribution < -0.4 is 4.74 Å². The third-order valence-corrected chi connectivity index (χ3v) is 2.59. The molecule has 0 fully saturated rings. The summed E-state index contributed by atoms with van der Waals surface area (Å²) in [5, 5.41) is 27.5. The number of hydrogen-bond acceptors (Lipinski definition) is 4. The van der Waals surface area contributed by atoms with Crippen LogP contribution >= 0.6 is 0 Å². The molecule has 0 radical (unpaired) electrons. The van der Waals surface area contributed by atoms with Gasteiger partial charge in [0.1, 0.15) is 5.75 Å². The highest BCUT2D eigenvalue weighted by Gasteiger charge is 2.26. The Bertz CT molecular complexity index is 377. The first-order valence-corrected chi connectivity index (χ1v) is 4.61. The monoisotopic (exact) mass is 212 g/mol. The lowest BCUT2D eigenvalue weighted by molar-refractivity contribution is -0.324. The second-order valence-electron chi connectivity index (χ2n) is 3.66. The van der Waals surface area contributed by atoms with E-state index in [4.69, 9.17) is 20.1 Å². The third kappa shape index (κ3) is 2.12. The lowest BCUT2D eigenvalue weighted by atomic mass is 9.97. The lowest BCUT2D eigenvalue weighted by Crippen LogP contribution is -2.25. The maximum Gasteiger partial charge on any atom is 0.304 e. The van der Waals surface area contributed by atoms with Gasteiger partial charge in [0.05, 0.1) is 7.11 Å². The fraction of sp³-hybridized carbons (Fsp3) is 0.455. The highest BCUT2D eigenvalue weighted by molar-refractivity contribution is 5.49. The molecule has 1 rings (SSSR count). The Kier molecular flexibility index (Phi) is 3.04. The third-order valence-electron chi connectivity index (χ3n) is 2.59. The van der Waals surface area contributed by atoms with Gasteiger partial charge >= 0.3 is 5.97 Å². The van der Waals surface area contributed by atoms with E-state index in [9.17, 15) is 0 Å². The van der Waals surface area contributed by atoms with Crippen molar-refractivity contribution in [2.75, 3.05) is 7.11 Å². The highest BCUT2D eigenvalue weighted by Crippen LogP contribution is 2.31. The van der Waals surface area contributed by atoms with E-state index in [1.54, 1.807) is 27.9 Å². The molecular weight excluding hydrogens is 196 g/mol. The van der Waals surface area contributed by atoms with E-state index in [0.29, 0.717) is 11.3 Å². The van der Waals surface area contributed by atoms with E-state index < -0.39 is 5.97 Å². The van der Waals surface area contributed by atoms with E-state index in [1.165, 1.54) is 6.07 Å². The van der Waals surface area contributed by atoms with Crippen LogP contribution in [0.2, 0.25) is 0 Å². The van der Waals surface area contributed by atoms with Crippen molar-refractivity contribution in [3.8, 4) is 5.75 Å². The van der Waals surface area contributed by atoms with Crippen LogP contribution in [0.3, 0.4) is 0 Å². The molecule has 4 heteroatoms. The van der Waals surface area contributed by atoms with E-state index in [0.717, 1.165) is 11.1 Å². The van der Waals surface area contributed by atoms with Crippen molar-refractivity contribution in [1.82, 2.24) is 0 Å². The normalized spacial score (nSPS) is 11.7. The van der Waals surface area contributed by atoms with Crippen molar-refractivity contribution in [3.63, 3.8) is 0 Å². The molecule has 84 valence electrons. The summed E-state index contributed by atoms with van der Waals surface area (Å²) in [5.41, 5.74) is 2.22. The molecular formula is C11H16O4. The summed E-state index contributed by atoms with van der Waals surface area (Å²) in [7, 11) is 1.55. The van der Waals surface area contributed by atoms with Crippen molar-refractivity contribution in [2.24, 2.45) is 0 Å². The summed E-state index contributed by atoms with van der Waals surface area (Å²) in [4.78, 5) is 0. The van der Waals surface area contributed by atoms with Gasteiger partial charge in [0.25, 0.3) is 0 Å². The average molecular weight is 212 g/mol. The average Bonchev–Trinajstić information content (AvgIpc) is 2.10. The number of aliphatic hydroxyl groups is 3. The maximum atomic E-state index is 9.15. The first-order valence-electron chi connectivity index (χ1n) is 4.61. The van der Waals surface area contributed by atoms with E-state index >= 15 is 0 Å². The lowest BCUT2D eigenvalue weighted by Gasteiger charge is -2.21. The van der Waals surface area contributed by atoms with E-state index in [-0.39, 0.29) is 5.56 Å². The second kappa shape index (κ2) is 3.81. The van der Waals surface area contributed by atoms with Gasteiger partial charge in [-0.25, -0.2) is 0 Å². The summed E-state index contributed by atoms with van der Waals surface area (Å²) >= 11 is 0. The van der Waals surface area contributed by atoms with Crippen LogP contribution in [-0.4, -0.2) is 22.4 Å². The minimum atomic E-state index is -2.80. The van der Waals surface area contributed by atoms with Crippen molar-refractivity contribution < 1.29 is 20.1 Å². The first-order chi connectivity index (χ1) is 6.79. The topological polar surface area (TPSA) is 69.9 Å². The summed E-state index contributed by atoms with van der Waals surface area (Å²) < 4.78 is 5.18. The van der Waals surface area contributed by atoms with Gasteiger partial charge in [0.15, 0.2) is 0 Å². The predicted octanol–water partition coefficient (Wildman–Crippen LogP) is 0.708. The second-order valence-corrected chi connectivity index (χ2v) is 3.66. The molecule has 0 aliphatic heterocycles. The SMILES string of the molecule is COc1c(C)cc(C(O)(O)O)c(C)c1C. The molecule has 0 unspecified atom stereocenters. The Morgan fingerprint density at radius 3 is 2.00 bits per heavy atom. The van der Waals surface area contributed by atoms with Crippen LogP contribution in [0.1, 0.15) is 22.3 Å². The molecule has 0 aromatic heterocycles. The zero-order valence-corrected chi connectivity index (χ0v) is 9.33. The van der Waals surface area contributed by atoms with Crippen LogP contribution in [0.5, 0.6) is 5.75 Å². The van der Waals surface area contributed by atoms with Crippen LogP contribution in [0, 0.1) is 20.8 Å². The van der Waals surface area contributed by atoms with Crippen molar-refractivity contribution >= 4 is 0 Å². The summed E-state index contributed by atoms with van der Waals surface area (Å²) in [6.07, 6.45) is 0. The molecule has 0 heterocycles. The molecule has 1 aromatic rings. The molecule has 0 saturated carbocycles. The van der Waals surface area contributed by atoms with E-state index in [1.807, 2.05) is 0 Å². The maximum absolute atomic E-state index is 9.15. The van der Waals surface area contributed by atoms with Crippen molar-refractivity contribution in [2.45, 2.75) is 26.7 Å². The van der Waals surface area contributed by atoms with Gasteiger partial charge in [-0.1, -0.05) is 0 Å². The Labute approximate surface area is 88.8 Å². The smallest absolute Gasteiger partial charge is 0.304 e. The van der Waals surface area contributed by atoms with Gasteiger partial charge in [0, 0.05) is 5.56 Å². The van der Waals surface area contributed by atoms with Crippen LogP contribution in [0.4, 0.5) is 0 Å². The molecule has 15 heavy (non-hydrogen) atoms. The fourth-order valence-electron chi connectivity index (χ4n) is 1.72. The standard InChI is InChI=1S/C11H16O4/c1-6-5-9(11(12,13)14)7(2)8(3)10(6)15-4/h5,12-14H,1-4H3. The molecule has 1 aromatic carbocycles. The molecule has 0 bridgehead atoms. The van der Waals surface area contributed by atoms with Gasteiger partial charge in [-0.3, -0.25) is 0 Å². The molecule has 0 atom stereocenters. The predicted molar refractivity (Wildman–Crippen MR) is 55.5 cm³/mol. The molecule has 0 spiro atoms. The van der Waals surface area contributed by atoms with Crippen LogP contribution in [0.15, 0.2) is 6.07 Å². The Morgan fingerprint density at radius 2 is 1.60 bits per heavy atom. The highest BCUT2D eigenvalue weighted by atomic mass is 16.7. The number of benzene rings is 1. The Morgan fingerprint density at radius 1 is 1.07 bits per heavy atom. The molecule has 4 nitrogen and oxygen atoms in total. The van der Waals surface area contributed by atoms with Gasteiger partial charge in [-0.15, -0.1) is 0 Å². The van der Waals surface area contributed by atoms with Crippen LogP contribution in [0.25, 0.3) is 0 Å². The number of ether oxygens (including phenoxy) is 1. The number of hydrogen-bond donors (Lipinski definition) is 3. The van der Waals surface area contributed by atoms with Gasteiger partial charge in [-0.05, 0) is 43.5 Å². The van der Waals surface area contributed by atoms with Gasteiger partial charge in [-0.2, -0.15) is 0 Å². The van der Waals surface area contributed by atoms with Crippen molar-refractivity contribution in [1.29, 1.82) is 0 Å². The summed E-state index contributed by atoms with van der Waals surface area (Å²) in [5.74, 6) is -2.10. The molecule has 0 aliphatic carbocycles. The minimum Gasteiger partial charge on any atom is -0.496 e. The summed E-state index contributed by atoms with van der Waals surface area (Å²) in [6.45, 7) is 5.28. The van der Waals surface area contributed by atoms with Gasteiger partial charge < -0.3 is 20.1 Å². The quantitative estimate of drug-likeness (QED) is 0.631. The minimum absolute atomic E-state index is 0.0818. The van der Waals surface area contributed by atoms with E-state index in [2.05, 4.69) is 0 Å². The molecule has 0 amide bonds. The molecule has 3 N–H and O–H groups in total.